The van der Waals surface area contributed by atoms with E-state index in [1.807, 2.05) is 24.3 Å². The molecule has 0 unspecified atom stereocenters. The summed E-state index contributed by atoms with van der Waals surface area (Å²) in [5, 5.41) is 12.2. The Hall–Kier alpha value is -3.56. The Bertz CT molecular complexity index is 1190. The first-order valence-corrected chi connectivity index (χ1v) is 11.9. The molecule has 1 aliphatic heterocycles. The number of benzene rings is 2. The number of hydrogen-bond acceptors (Lipinski definition) is 4. The van der Waals surface area contributed by atoms with Crippen molar-refractivity contribution in [1.82, 2.24) is 5.32 Å². The first-order chi connectivity index (χ1) is 17.1. The third-order valence-corrected chi connectivity index (χ3v) is 7.45. The molecule has 190 valence electrons. The van der Waals surface area contributed by atoms with Gasteiger partial charge in [-0.05, 0) is 61.9 Å². The summed E-state index contributed by atoms with van der Waals surface area (Å²) in [6, 6.07) is 12.1. The van der Waals surface area contributed by atoms with Crippen LogP contribution in [0.5, 0.6) is 5.75 Å². The number of fused-ring (bicyclic) bond motifs is 2. The summed E-state index contributed by atoms with van der Waals surface area (Å²) in [6.07, 6.45) is -1.86. The lowest BCUT2D eigenvalue weighted by Gasteiger charge is -2.59. The van der Waals surface area contributed by atoms with Crippen LogP contribution < -0.4 is 15.0 Å². The molecule has 2 amide bonds. The lowest BCUT2D eigenvalue weighted by molar-refractivity contribution is -0.274. The van der Waals surface area contributed by atoms with E-state index in [0.29, 0.717) is 5.69 Å². The minimum Gasteiger partial charge on any atom is -0.481 e. The van der Waals surface area contributed by atoms with Crippen molar-refractivity contribution in [2.24, 2.45) is 11.8 Å². The Kier molecular flexibility index (Phi) is 5.92. The van der Waals surface area contributed by atoms with Gasteiger partial charge in [0, 0.05) is 35.2 Å². The van der Waals surface area contributed by atoms with Crippen LogP contribution in [0.1, 0.15) is 54.4 Å². The second-order valence-electron chi connectivity index (χ2n) is 9.60. The number of carbonyl (C=O) groups excluding carboxylic acids is 2. The van der Waals surface area contributed by atoms with Crippen molar-refractivity contribution in [3.63, 3.8) is 0 Å². The number of hydrogen-bond donors (Lipinski definition) is 2. The van der Waals surface area contributed by atoms with E-state index in [0.717, 1.165) is 43.4 Å². The Morgan fingerprint density at radius 2 is 1.69 bits per heavy atom. The molecule has 2 aromatic rings. The zero-order valence-electron chi connectivity index (χ0n) is 19.3. The van der Waals surface area contributed by atoms with Crippen LogP contribution in [0.2, 0.25) is 0 Å². The predicted molar refractivity (Wildman–Crippen MR) is 122 cm³/mol. The smallest absolute Gasteiger partial charge is 0.481 e. The van der Waals surface area contributed by atoms with Crippen LogP contribution in [0.4, 0.5) is 18.9 Å². The molecule has 0 spiro atoms. The Morgan fingerprint density at radius 3 is 2.28 bits per heavy atom. The van der Waals surface area contributed by atoms with Gasteiger partial charge in [0.1, 0.15) is 5.75 Å². The van der Waals surface area contributed by atoms with Gasteiger partial charge in [-0.1, -0.05) is 18.2 Å². The number of halogens is 3. The molecule has 2 N–H and O–H groups in total. The summed E-state index contributed by atoms with van der Waals surface area (Å²) in [6.45, 7) is 0. The number of carbonyl (C=O) groups is 3. The van der Waals surface area contributed by atoms with Gasteiger partial charge in [0.25, 0.3) is 5.91 Å². The first kappa shape index (κ1) is 24.1. The van der Waals surface area contributed by atoms with Gasteiger partial charge in [-0.3, -0.25) is 14.4 Å². The minimum absolute atomic E-state index is 0.0505. The third-order valence-electron chi connectivity index (χ3n) is 7.45. The number of carboxylic acids is 1. The maximum Gasteiger partial charge on any atom is 0.573 e. The summed E-state index contributed by atoms with van der Waals surface area (Å²) >= 11 is 0. The highest BCUT2D eigenvalue weighted by Gasteiger charge is 2.62. The van der Waals surface area contributed by atoms with Gasteiger partial charge < -0.3 is 20.1 Å². The van der Waals surface area contributed by atoms with Crippen LogP contribution in [0, 0.1) is 11.8 Å². The molecular formula is C26H25F3N2O5. The monoisotopic (exact) mass is 502 g/mol. The van der Waals surface area contributed by atoms with Gasteiger partial charge in [0.05, 0.1) is 12.0 Å². The molecule has 5 rings (SSSR count). The van der Waals surface area contributed by atoms with E-state index < -0.39 is 23.6 Å². The number of amides is 2. The van der Waals surface area contributed by atoms with Crippen molar-refractivity contribution in [2.75, 3.05) is 4.90 Å². The quantitative estimate of drug-likeness (QED) is 0.577. The molecule has 0 radical (unpaired) electrons. The van der Waals surface area contributed by atoms with Crippen LogP contribution in [-0.4, -0.2) is 35.3 Å². The number of alkyl halides is 3. The average molecular weight is 502 g/mol. The molecule has 36 heavy (non-hydrogen) atoms. The summed E-state index contributed by atoms with van der Waals surface area (Å²) in [7, 11) is 0. The molecule has 0 aromatic heterocycles. The molecule has 0 saturated heterocycles. The van der Waals surface area contributed by atoms with E-state index in [1.54, 1.807) is 4.90 Å². The van der Waals surface area contributed by atoms with E-state index in [1.165, 1.54) is 12.1 Å². The number of ether oxygens (including phenoxy) is 1. The fraction of sp³-hybridized carbons (Fsp3) is 0.423. The van der Waals surface area contributed by atoms with Gasteiger partial charge in [-0.15, -0.1) is 13.2 Å². The van der Waals surface area contributed by atoms with Gasteiger partial charge in [0.2, 0.25) is 5.91 Å². The summed E-state index contributed by atoms with van der Waals surface area (Å²) in [4.78, 5) is 39.2. The number of para-hydroxylation sites is 1. The second-order valence-corrected chi connectivity index (χ2v) is 9.60. The summed E-state index contributed by atoms with van der Waals surface area (Å²) in [5.41, 5.74) is 1.03. The summed E-state index contributed by atoms with van der Waals surface area (Å²) < 4.78 is 41.5. The Morgan fingerprint density at radius 1 is 1.00 bits per heavy atom. The maximum absolute atomic E-state index is 13.7. The molecule has 2 saturated carbocycles. The van der Waals surface area contributed by atoms with Crippen molar-refractivity contribution in [3.05, 3.63) is 59.7 Å². The van der Waals surface area contributed by atoms with E-state index in [2.05, 4.69) is 10.1 Å². The lowest BCUT2D eigenvalue weighted by Crippen LogP contribution is -2.67. The predicted octanol–water partition coefficient (Wildman–Crippen LogP) is 4.61. The van der Waals surface area contributed by atoms with Crippen LogP contribution in [0.15, 0.2) is 48.5 Å². The van der Waals surface area contributed by atoms with Crippen molar-refractivity contribution in [2.45, 2.75) is 56.5 Å². The Balaban J connectivity index is 1.49. The van der Waals surface area contributed by atoms with Crippen LogP contribution in [-0.2, 0) is 15.1 Å². The SMILES string of the molecule is O=C(O)CCC(=O)N[C@]1(C2CC2)c2ccccc2N(C(=O)c2ccc(OC(F)(F)F)cc2)[C@@H]2CC[C@@H]21. The van der Waals surface area contributed by atoms with Gasteiger partial charge in [0.15, 0.2) is 0 Å². The van der Waals surface area contributed by atoms with Crippen molar-refractivity contribution >= 4 is 23.5 Å². The first-order valence-electron chi connectivity index (χ1n) is 11.9. The second kappa shape index (κ2) is 8.83. The topological polar surface area (TPSA) is 95.9 Å². The highest BCUT2D eigenvalue weighted by Crippen LogP contribution is 2.61. The van der Waals surface area contributed by atoms with E-state index >= 15 is 0 Å². The molecule has 1 heterocycles. The van der Waals surface area contributed by atoms with Crippen LogP contribution >= 0.6 is 0 Å². The van der Waals surface area contributed by atoms with Gasteiger partial charge >= 0.3 is 12.3 Å². The number of rotatable bonds is 7. The van der Waals surface area contributed by atoms with Crippen LogP contribution in [0.3, 0.4) is 0 Å². The van der Waals surface area contributed by atoms with E-state index in [9.17, 15) is 27.6 Å². The number of anilines is 1. The molecule has 2 aliphatic carbocycles. The number of carboxylic acid groups (broad SMARTS) is 1. The standard InChI is InChI=1S/C26H25F3N2O5/c27-26(28,29)36-17-9-5-15(6-10-17)24(35)31-20-4-2-1-3-18(20)25(16-7-8-16,19-11-12-21(19)31)30-22(32)13-14-23(33)34/h1-6,9-10,16,19,21H,7-8,11-14H2,(H,30,32)(H,33,34)/t19-,21+,25+/m0/s1. The molecule has 2 aromatic carbocycles. The van der Waals surface area contributed by atoms with E-state index in [4.69, 9.17) is 5.11 Å². The van der Waals surface area contributed by atoms with Crippen LogP contribution in [0.25, 0.3) is 0 Å². The van der Waals surface area contributed by atoms with E-state index in [-0.39, 0.29) is 48.1 Å². The van der Waals surface area contributed by atoms with Gasteiger partial charge in [-0.2, -0.15) is 0 Å². The molecule has 10 heteroatoms. The lowest BCUT2D eigenvalue weighted by atomic mass is 9.58. The zero-order valence-corrected chi connectivity index (χ0v) is 19.3. The fourth-order valence-corrected chi connectivity index (χ4v) is 5.77. The number of aliphatic carboxylic acids is 1. The molecule has 3 aliphatic rings. The highest BCUT2D eigenvalue weighted by atomic mass is 19.4. The molecule has 3 atom stereocenters. The third kappa shape index (κ3) is 4.29. The molecular weight excluding hydrogens is 477 g/mol. The number of nitrogens with one attached hydrogen (secondary N) is 1. The average Bonchev–Trinajstić information content (AvgIpc) is 3.64. The zero-order chi connectivity index (χ0) is 25.7. The molecule has 7 nitrogen and oxygen atoms in total. The van der Waals surface area contributed by atoms with Crippen molar-refractivity contribution in [3.8, 4) is 5.75 Å². The van der Waals surface area contributed by atoms with Gasteiger partial charge in [-0.25, -0.2) is 0 Å². The normalized spacial score (nSPS) is 24.7. The molecule has 2 fully saturated rings. The van der Waals surface area contributed by atoms with Crippen molar-refractivity contribution < 1.29 is 37.4 Å². The Labute approximate surface area is 205 Å². The highest BCUT2D eigenvalue weighted by molar-refractivity contribution is 6.07. The molecule has 0 bridgehead atoms. The summed E-state index contributed by atoms with van der Waals surface area (Å²) in [5.74, 6) is -1.97. The largest absolute Gasteiger partial charge is 0.573 e. The maximum atomic E-state index is 13.7. The van der Waals surface area contributed by atoms with Crippen molar-refractivity contribution in [1.29, 1.82) is 0 Å². The fourth-order valence-electron chi connectivity index (χ4n) is 5.77. The number of nitrogens with zero attached hydrogens (tertiary/aromatic N) is 1. The minimum atomic E-state index is -4.82.